The van der Waals surface area contributed by atoms with Crippen LogP contribution in [0.15, 0.2) is 5.16 Å². The summed E-state index contributed by atoms with van der Waals surface area (Å²) < 4.78 is 0. The van der Waals surface area contributed by atoms with Crippen LogP contribution in [0.4, 0.5) is 0 Å². The van der Waals surface area contributed by atoms with E-state index in [2.05, 4.69) is 5.16 Å². The third-order valence-electron chi connectivity index (χ3n) is 0.840. The van der Waals surface area contributed by atoms with Crippen molar-refractivity contribution in [2.24, 2.45) is 16.3 Å². The van der Waals surface area contributed by atoms with Crippen molar-refractivity contribution in [2.45, 2.75) is 27.2 Å². The van der Waals surface area contributed by atoms with Gasteiger partial charge < -0.3 is 10.9 Å². The van der Waals surface area contributed by atoms with Crippen LogP contribution in [-0.4, -0.2) is 11.0 Å². The highest BCUT2D eigenvalue weighted by atomic mass is 16.4. The Balaban J connectivity index is 3.75. The summed E-state index contributed by atoms with van der Waals surface area (Å²) in [6.45, 7) is 6.10. The van der Waals surface area contributed by atoms with Crippen LogP contribution in [0.1, 0.15) is 27.2 Å². The van der Waals surface area contributed by atoms with E-state index in [1.807, 2.05) is 20.8 Å². The van der Waals surface area contributed by atoms with Crippen LogP contribution in [-0.2, 0) is 0 Å². The van der Waals surface area contributed by atoms with Gasteiger partial charge in [-0.1, -0.05) is 25.9 Å². The van der Waals surface area contributed by atoms with Gasteiger partial charge in [0.25, 0.3) is 0 Å². The van der Waals surface area contributed by atoms with Gasteiger partial charge in [0.15, 0.2) is 0 Å². The van der Waals surface area contributed by atoms with E-state index in [1.54, 1.807) is 0 Å². The van der Waals surface area contributed by atoms with Crippen molar-refractivity contribution in [3.05, 3.63) is 0 Å². The number of hydrogen-bond donors (Lipinski definition) is 2. The van der Waals surface area contributed by atoms with Gasteiger partial charge in [-0.2, -0.15) is 0 Å². The van der Waals surface area contributed by atoms with Crippen molar-refractivity contribution in [1.29, 1.82) is 0 Å². The minimum atomic E-state index is 0.107. The Kier molecular flexibility index (Phi) is 2.49. The quantitative estimate of drug-likeness (QED) is 0.242. The Hall–Kier alpha value is -0.730. The first kappa shape index (κ1) is 8.27. The van der Waals surface area contributed by atoms with E-state index in [1.165, 1.54) is 0 Å². The van der Waals surface area contributed by atoms with Crippen molar-refractivity contribution in [3.8, 4) is 0 Å². The maximum Gasteiger partial charge on any atom is 0.139 e. The summed E-state index contributed by atoms with van der Waals surface area (Å²) in [4.78, 5) is 0. The Bertz CT molecular complexity index is 113. The van der Waals surface area contributed by atoms with Crippen LogP contribution in [0, 0.1) is 5.41 Å². The normalized spacial score (nSPS) is 13.9. The predicted molar refractivity (Wildman–Crippen MR) is 37.5 cm³/mol. The smallest absolute Gasteiger partial charge is 0.139 e. The minimum Gasteiger partial charge on any atom is -0.409 e. The van der Waals surface area contributed by atoms with Gasteiger partial charge in [0.1, 0.15) is 5.84 Å². The summed E-state index contributed by atoms with van der Waals surface area (Å²) in [6, 6.07) is 0. The SMILES string of the molecule is CC(C)(C)C/C(N)=N\O. The van der Waals surface area contributed by atoms with Gasteiger partial charge in [-0.05, 0) is 5.41 Å². The van der Waals surface area contributed by atoms with Crippen molar-refractivity contribution in [1.82, 2.24) is 0 Å². The lowest BCUT2D eigenvalue weighted by molar-refractivity contribution is 0.311. The fourth-order valence-electron chi connectivity index (χ4n) is 0.579. The third-order valence-corrected chi connectivity index (χ3v) is 0.840. The fraction of sp³-hybridized carbons (Fsp3) is 0.833. The molecule has 3 nitrogen and oxygen atoms in total. The number of rotatable bonds is 1. The van der Waals surface area contributed by atoms with Crippen molar-refractivity contribution in [2.75, 3.05) is 0 Å². The summed E-state index contributed by atoms with van der Waals surface area (Å²) >= 11 is 0. The lowest BCUT2D eigenvalue weighted by atomic mass is 9.92. The zero-order chi connectivity index (χ0) is 7.49. The van der Waals surface area contributed by atoms with E-state index in [0.717, 1.165) is 0 Å². The van der Waals surface area contributed by atoms with Gasteiger partial charge in [0.2, 0.25) is 0 Å². The van der Waals surface area contributed by atoms with E-state index in [-0.39, 0.29) is 5.41 Å². The predicted octanol–water partition coefficient (Wildman–Crippen LogP) is 1.17. The second-order valence-electron chi connectivity index (χ2n) is 3.33. The van der Waals surface area contributed by atoms with Crippen molar-refractivity contribution < 1.29 is 5.21 Å². The van der Waals surface area contributed by atoms with Crippen LogP contribution in [0.2, 0.25) is 0 Å². The van der Waals surface area contributed by atoms with Gasteiger partial charge in [0, 0.05) is 6.42 Å². The highest BCUT2D eigenvalue weighted by Crippen LogP contribution is 2.17. The molecule has 0 aliphatic carbocycles. The van der Waals surface area contributed by atoms with Gasteiger partial charge in [0.05, 0.1) is 0 Å². The fourth-order valence-corrected chi connectivity index (χ4v) is 0.579. The molecule has 0 saturated heterocycles. The topological polar surface area (TPSA) is 58.6 Å². The molecule has 3 heteroatoms. The van der Waals surface area contributed by atoms with Gasteiger partial charge >= 0.3 is 0 Å². The molecule has 9 heavy (non-hydrogen) atoms. The van der Waals surface area contributed by atoms with Crippen LogP contribution >= 0.6 is 0 Å². The Morgan fingerprint density at radius 1 is 1.56 bits per heavy atom. The molecular formula is C6H14N2O. The first-order chi connectivity index (χ1) is 3.95. The molecule has 0 saturated carbocycles. The van der Waals surface area contributed by atoms with E-state index < -0.39 is 0 Å². The number of amidine groups is 1. The van der Waals surface area contributed by atoms with Crippen LogP contribution < -0.4 is 5.73 Å². The molecule has 54 valence electrons. The second kappa shape index (κ2) is 2.71. The maximum atomic E-state index is 8.16. The minimum absolute atomic E-state index is 0.107. The molecule has 0 radical (unpaired) electrons. The van der Waals surface area contributed by atoms with Crippen LogP contribution in [0.25, 0.3) is 0 Å². The van der Waals surface area contributed by atoms with Crippen molar-refractivity contribution in [3.63, 3.8) is 0 Å². The average molecular weight is 130 g/mol. The zero-order valence-corrected chi connectivity index (χ0v) is 6.18. The Morgan fingerprint density at radius 3 is 2.11 bits per heavy atom. The summed E-state index contributed by atoms with van der Waals surface area (Å²) in [6.07, 6.45) is 0.628. The standard InChI is InChI=1S/C6H14N2O/c1-6(2,3)4-5(7)8-9/h9H,4H2,1-3H3,(H2,7,8). The van der Waals surface area contributed by atoms with Gasteiger partial charge in [-0.25, -0.2) is 0 Å². The molecular weight excluding hydrogens is 116 g/mol. The molecule has 0 aromatic heterocycles. The molecule has 0 fully saturated rings. The van der Waals surface area contributed by atoms with Crippen LogP contribution in [0.5, 0.6) is 0 Å². The maximum absolute atomic E-state index is 8.16. The highest BCUT2D eigenvalue weighted by Gasteiger charge is 2.11. The van der Waals surface area contributed by atoms with Crippen LogP contribution in [0.3, 0.4) is 0 Å². The monoisotopic (exact) mass is 130 g/mol. The number of nitrogens with zero attached hydrogens (tertiary/aromatic N) is 1. The van der Waals surface area contributed by atoms with E-state index >= 15 is 0 Å². The Labute approximate surface area is 55.5 Å². The molecule has 0 rings (SSSR count). The van der Waals surface area contributed by atoms with Gasteiger partial charge in [-0.15, -0.1) is 0 Å². The molecule has 0 amide bonds. The largest absolute Gasteiger partial charge is 0.409 e. The van der Waals surface area contributed by atoms with E-state index in [4.69, 9.17) is 10.9 Å². The lowest BCUT2D eigenvalue weighted by Gasteiger charge is -2.15. The van der Waals surface area contributed by atoms with E-state index in [0.29, 0.717) is 12.3 Å². The zero-order valence-electron chi connectivity index (χ0n) is 6.18. The third kappa shape index (κ3) is 5.14. The molecule has 0 atom stereocenters. The molecule has 0 spiro atoms. The molecule has 0 aliphatic rings. The summed E-state index contributed by atoms with van der Waals surface area (Å²) in [5.74, 6) is 0.294. The molecule has 0 heterocycles. The Morgan fingerprint density at radius 2 is 2.00 bits per heavy atom. The highest BCUT2D eigenvalue weighted by molar-refractivity contribution is 5.80. The number of nitrogens with two attached hydrogens (primary N) is 1. The number of hydrogen-bond acceptors (Lipinski definition) is 2. The lowest BCUT2D eigenvalue weighted by Crippen LogP contribution is -2.20. The van der Waals surface area contributed by atoms with E-state index in [9.17, 15) is 0 Å². The molecule has 0 aliphatic heterocycles. The summed E-state index contributed by atoms with van der Waals surface area (Å²) in [5, 5.41) is 11.0. The average Bonchev–Trinajstić information content (AvgIpc) is 1.62. The second-order valence-corrected chi connectivity index (χ2v) is 3.33. The van der Waals surface area contributed by atoms with Gasteiger partial charge in [-0.3, -0.25) is 0 Å². The summed E-state index contributed by atoms with van der Waals surface area (Å²) in [7, 11) is 0. The molecule has 0 aromatic carbocycles. The molecule has 0 bridgehead atoms. The molecule has 0 aromatic rings. The molecule has 0 unspecified atom stereocenters. The summed E-state index contributed by atoms with van der Waals surface area (Å²) in [5.41, 5.74) is 5.37. The number of oxime groups is 1. The molecule has 3 N–H and O–H groups in total. The first-order valence-electron chi connectivity index (χ1n) is 2.92. The van der Waals surface area contributed by atoms with Crippen molar-refractivity contribution >= 4 is 5.84 Å². The first-order valence-corrected chi connectivity index (χ1v) is 2.92.